The van der Waals surface area contributed by atoms with E-state index >= 15 is 0 Å². The number of aryl methyl sites for hydroxylation is 1. The van der Waals surface area contributed by atoms with Gasteiger partial charge in [0.1, 0.15) is 6.04 Å². The maximum atomic E-state index is 12.8. The molecule has 6 heteroatoms. The first-order valence-electron chi connectivity index (χ1n) is 8.36. The Kier molecular flexibility index (Phi) is 8.22. The Morgan fingerprint density at radius 1 is 1.12 bits per heavy atom. The van der Waals surface area contributed by atoms with Crippen LogP contribution in [0.25, 0.3) is 0 Å². The van der Waals surface area contributed by atoms with Crippen molar-refractivity contribution < 1.29 is 9.59 Å². The molecule has 2 amide bonds. The number of hydrogen-bond donors (Lipinski definition) is 2. The fourth-order valence-corrected chi connectivity index (χ4v) is 2.71. The van der Waals surface area contributed by atoms with Crippen LogP contribution in [0, 0.1) is 12.8 Å². The molecule has 134 valence electrons. The predicted octanol–water partition coefficient (Wildman–Crippen LogP) is 1.99. The summed E-state index contributed by atoms with van der Waals surface area (Å²) < 4.78 is 0. The third kappa shape index (κ3) is 5.49. The lowest BCUT2D eigenvalue weighted by Crippen LogP contribution is -2.52. The third-order valence-electron chi connectivity index (χ3n) is 4.18. The molecule has 0 spiro atoms. The van der Waals surface area contributed by atoms with Crippen LogP contribution < -0.4 is 10.6 Å². The quantitative estimate of drug-likeness (QED) is 0.870. The molecule has 0 aromatic heterocycles. The second-order valence-corrected chi connectivity index (χ2v) is 6.49. The van der Waals surface area contributed by atoms with Gasteiger partial charge in [0.2, 0.25) is 5.91 Å². The lowest BCUT2D eigenvalue weighted by atomic mass is 10.0. The Morgan fingerprint density at radius 3 is 2.42 bits per heavy atom. The monoisotopic (exact) mass is 353 g/mol. The van der Waals surface area contributed by atoms with E-state index in [1.165, 1.54) is 0 Å². The Hall–Kier alpha value is -1.59. The van der Waals surface area contributed by atoms with E-state index in [9.17, 15) is 9.59 Å². The fraction of sp³-hybridized carbons (Fsp3) is 0.556. The van der Waals surface area contributed by atoms with Gasteiger partial charge in [-0.05, 0) is 37.9 Å². The molecule has 0 aliphatic carbocycles. The van der Waals surface area contributed by atoms with Crippen LogP contribution in [0.3, 0.4) is 0 Å². The average Bonchev–Trinajstić information content (AvgIpc) is 2.81. The van der Waals surface area contributed by atoms with Gasteiger partial charge in [-0.2, -0.15) is 0 Å². The minimum Gasteiger partial charge on any atom is -0.340 e. The zero-order chi connectivity index (χ0) is 16.8. The van der Waals surface area contributed by atoms with Crippen molar-refractivity contribution in [2.75, 3.05) is 26.2 Å². The van der Waals surface area contributed by atoms with Crippen LogP contribution in [0.1, 0.15) is 36.2 Å². The van der Waals surface area contributed by atoms with E-state index in [0.29, 0.717) is 12.1 Å². The summed E-state index contributed by atoms with van der Waals surface area (Å²) in [6, 6.07) is 6.91. The van der Waals surface area contributed by atoms with Crippen molar-refractivity contribution in [3.05, 3.63) is 35.4 Å². The van der Waals surface area contributed by atoms with Gasteiger partial charge in [-0.25, -0.2) is 0 Å². The zero-order valence-corrected chi connectivity index (χ0v) is 15.5. The number of nitrogens with one attached hydrogen (secondary N) is 2. The standard InChI is InChI=1S/C18H27N3O2.ClH/c1-13(2)16(18(23)21-11-4-9-19-10-12-21)20-17(22)15-7-5-14(3)6-8-15;/h5-8,13,16,19H,4,9-12H2,1-3H3,(H,20,22);1H. The SMILES string of the molecule is Cc1ccc(C(=O)NC(C(=O)N2CCCNCC2)C(C)C)cc1.Cl. The summed E-state index contributed by atoms with van der Waals surface area (Å²) >= 11 is 0. The predicted molar refractivity (Wildman–Crippen MR) is 98.6 cm³/mol. The van der Waals surface area contributed by atoms with Crippen molar-refractivity contribution in [1.29, 1.82) is 0 Å². The molecule has 2 N–H and O–H groups in total. The lowest BCUT2D eigenvalue weighted by Gasteiger charge is -2.28. The summed E-state index contributed by atoms with van der Waals surface area (Å²) in [5, 5.41) is 6.21. The zero-order valence-electron chi connectivity index (χ0n) is 14.7. The number of benzene rings is 1. The number of rotatable bonds is 4. The van der Waals surface area contributed by atoms with Crippen LogP contribution in [0.15, 0.2) is 24.3 Å². The Balaban J connectivity index is 0.00000288. The molecule has 2 rings (SSSR count). The van der Waals surface area contributed by atoms with E-state index in [-0.39, 0.29) is 30.1 Å². The van der Waals surface area contributed by atoms with Crippen LogP contribution in [0.5, 0.6) is 0 Å². The van der Waals surface area contributed by atoms with Crippen LogP contribution in [0.4, 0.5) is 0 Å². The first-order chi connectivity index (χ1) is 11.0. The Labute approximate surface area is 150 Å². The minimum atomic E-state index is -0.484. The van der Waals surface area contributed by atoms with Gasteiger partial charge in [-0.3, -0.25) is 9.59 Å². The van der Waals surface area contributed by atoms with E-state index in [1.54, 1.807) is 12.1 Å². The van der Waals surface area contributed by atoms with E-state index in [4.69, 9.17) is 0 Å². The second-order valence-electron chi connectivity index (χ2n) is 6.49. The molecule has 5 nitrogen and oxygen atoms in total. The van der Waals surface area contributed by atoms with Crippen molar-refractivity contribution in [3.63, 3.8) is 0 Å². The summed E-state index contributed by atoms with van der Waals surface area (Å²) in [5.74, 6) is -0.123. The molecular formula is C18H28ClN3O2. The van der Waals surface area contributed by atoms with Crippen LogP contribution in [-0.2, 0) is 4.79 Å². The first kappa shape index (κ1) is 20.5. The summed E-state index contributed by atoms with van der Waals surface area (Å²) in [5.41, 5.74) is 1.70. The van der Waals surface area contributed by atoms with Crippen molar-refractivity contribution in [1.82, 2.24) is 15.5 Å². The molecule has 1 aromatic carbocycles. The Morgan fingerprint density at radius 2 is 1.79 bits per heavy atom. The van der Waals surface area contributed by atoms with Gasteiger partial charge >= 0.3 is 0 Å². The molecule has 1 aliphatic rings. The van der Waals surface area contributed by atoms with Gasteiger partial charge in [0, 0.05) is 25.2 Å². The minimum absolute atomic E-state index is 0. The smallest absolute Gasteiger partial charge is 0.251 e. The normalized spacial score (nSPS) is 16.1. The van der Waals surface area contributed by atoms with Crippen LogP contribution in [0.2, 0.25) is 0 Å². The van der Waals surface area contributed by atoms with Gasteiger partial charge in [-0.15, -0.1) is 12.4 Å². The summed E-state index contributed by atoms with van der Waals surface area (Å²) in [6.45, 7) is 9.10. The lowest BCUT2D eigenvalue weighted by molar-refractivity contribution is -0.134. The number of hydrogen-bond acceptors (Lipinski definition) is 3. The topological polar surface area (TPSA) is 61.4 Å². The number of carbonyl (C=O) groups is 2. The Bertz CT molecular complexity index is 538. The van der Waals surface area contributed by atoms with Gasteiger partial charge in [0.15, 0.2) is 0 Å². The van der Waals surface area contributed by atoms with E-state index in [2.05, 4.69) is 10.6 Å². The van der Waals surface area contributed by atoms with Gasteiger partial charge in [0.25, 0.3) is 5.91 Å². The van der Waals surface area contributed by atoms with E-state index in [1.807, 2.05) is 37.8 Å². The molecule has 0 bridgehead atoms. The van der Waals surface area contributed by atoms with Gasteiger partial charge < -0.3 is 15.5 Å². The largest absolute Gasteiger partial charge is 0.340 e. The highest BCUT2D eigenvalue weighted by Gasteiger charge is 2.29. The molecular weight excluding hydrogens is 326 g/mol. The van der Waals surface area contributed by atoms with Crippen LogP contribution >= 0.6 is 12.4 Å². The molecule has 0 saturated carbocycles. The highest BCUT2D eigenvalue weighted by atomic mass is 35.5. The average molecular weight is 354 g/mol. The van der Waals surface area contributed by atoms with Crippen molar-refractivity contribution in [2.24, 2.45) is 5.92 Å². The number of nitrogens with zero attached hydrogens (tertiary/aromatic N) is 1. The third-order valence-corrected chi connectivity index (χ3v) is 4.18. The molecule has 1 aromatic rings. The van der Waals surface area contributed by atoms with E-state index in [0.717, 1.165) is 31.6 Å². The maximum Gasteiger partial charge on any atom is 0.251 e. The molecule has 1 saturated heterocycles. The van der Waals surface area contributed by atoms with Gasteiger partial charge in [-0.1, -0.05) is 31.5 Å². The maximum absolute atomic E-state index is 12.8. The highest BCUT2D eigenvalue weighted by Crippen LogP contribution is 2.10. The molecule has 1 fully saturated rings. The van der Waals surface area contributed by atoms with Crippen molar-refractivity contribution in [3.8, 4) is 0 Å². The van der Waals surface area contributed by atoms with Crippen molar-refractivity contribution in [2.45, 2.75) is 33.2 Å². The molecule has 1 aliphatic heterocycles. The van der Waals surface area contributed by atoms with Crippen molar-refractivity contribution >= 4 is 24.2 Å². The number of halogens is 1. The van der Waals surface area contributed by atoms with Gasteiger partial charge in [0.05, 0.1) is 0 Å². The molecule has 1 heterocycles. The summed E-state index contributed by atoms with van der Waals surface area (Å²) in [6.07, 6.45) is 0.947. The number of amides is 2. The second kappa shape index (κ2) is 9.64. The number of carbonyl (C=O) groups excluding carboxylic acids is 2. The molecule has 24 heavy (non-hydrogen) atoms. The summed E-state index contributed by atoms with van der Waals surface area (Å²) in [4.78, 5) is 27.1. The fourth-order valence-electron chi connectivity index (χ4n) is 2.71. The molecule has 1 atom stereocenters. The summed E-state index contributed by atoms with van der Waals surface area (Å²) in [7, 11) is 0. The van der Waals surface area contributed by atoms with E-state index < -0.39 is 6.04 Å². The van der Waals surface area contributed by atoms with Crippen LogP contribution in [-0.4, -0.2) is 48.9 Å². The molecule has 0 radical (unpaired) electrons. The highest BCUT2D eigenvalue weighted by molar-refractivity contribution is 5.97. The first-order valence-corrected chi connectivity index (χ1v) is 8.36. The molecule has 1 unspecified atom stereocenters.